The highest BCUT2D eigenvalue weighted by Gasteiger charge is 2.33. The molecule has 0 fully saturated rings. The molecular weight excluding hydrogens is 532 g/mol. The average molecular weight is 563 g/mol. The van der Waals surface area contributed by atoms with E-state index in [0.29, 0.717) is 40.4 Å². The fraction of sp³-hybridized carbons (Fsp3) is 0.200. The number of carbonyl (C=O) groups is 1. The first kappa shape index (κ1) is 27.1. The number of benzene rings is 4. The number of fused-ring (bicyclic) bond motifs is 3. The van der Waals surface area contributed by atoms with Gasteiger partial charge in [-0.25, -0.2) is 4.79 Å². The monoisotopic (exact) mass is 562 g/mol. The molecule has 5 aromatic rings. The van der Waals surface area contributed by atoms with Gasteiger partial charge in [0.25, 0.3) is 0 Å². The van der Waals surface area contributed by atoms with Crippen molar-refractivity contribution >= 4 is 16.9 Å². The summed E-state index contributed by atoms with van der Waals surface area (Å²) in [4.78, 5) is 25.5. The van der Waals surface area contributed by atoms with Crippen LogP contribution in [0.5, 0.6) is 23.0 Å². The van der Waals surface area contributed by atoms with Crippen LogP contribution in [0.3, 0.4) is 0 Å². The predicted molar refractivity (Wildman–Crippen MR) is 160 cm³/mol. The van der Waals surface area contributed by atoms with Gasteiger partial charge in [0.2, 0.25) is 0 Å². The van der Waals surface area contributed by atoms with Gasteiger partial charge in [-0.3, -0.25) is 4.79 Å². The molecule has 0 saturated heterocycles. The number of carbonyl (C=O) groups excluding carboxylic acids is 1. The van der Waals surface area contributed by atoms with Crippen molar-refractivity contribution in [2.45, 2.75) is 25.7 Å². The molecule has 42 heavy (non-hydrogen) atoms. The van der Waals surface area contributed by atoms with Crippen molar-refractivity contribution in [3.8, 4) is 34.1 Å². The zero-order valence-electron chi connectivity index (χ0n) is 23.6. The first-order valence-electron chi connectivity index (χ1n) is 13.8. The Bertz CT molecular complexity index is 1820. The molecule has 7 heteroatoms. The van der Waals surface area contributed by atoms with Crippen molar-refractivity contribution in [1.82, 2.24) is 0 Å². The minimum absolute atomic E-state index is 0.164. The number of hydrogen-bond acceptors (Lipinski definition) is 7. The van der Waals surface area contributed by atoms with Crippen LogP contribution >= 0.6 is 0 Å². The zero-order chi connectivity index (χ0) is 29.2. The molecule has 0 bridgehead atoms. The molecule has 0 saturated carbocycles. The van der Waals surface area contributed by atoms with E-state index >= 15 is 0 Å². The van der Waals surface area contributed by atoms with Crippen molar-refractivity contribution in [3.05, 3.63) is 118 Å². The molecule has 1 atom stereocenters. The Morgan fingerprint density at radius 1 is 0.857 bits per heavy atom. The van der Waals surface area contributed by atoms with E-state index < -0.39 is 5.63 Å². The van der Waals surface area contributed by atoms with Crippen LogP contribution in [0.25, 0.3) is 22.1 Å². The summed E-state index contributed by atoms with van der Waals surface area (Å²) in [7, 11) is 3.25. The molecule has 0 aliphatic carbocycles. The van der Waals surface area contributed by atoms with E-state index in [4.69, 9.17) is 23.4 Å². The van der Waals surface area contributed by atoms with Gasteiger partial charge in [-0.1, -0.05) is 48.5 Å². The Morgan fingerprint density at radius 3 is 2.38 bits per heavy atom. The highest BCUT2D eigenvalue weighted by Crippen LogP contribution is 2.48. The van der Waals surface area contributed by atoms with Crippen LogP contribution in [0.15, 0.2) is 94.1 Å². The van der Waals surface area contributed by atoms with E-state index in [1.165, 1.54) is 6.07 Å². The van der Waals surface area contributed by atoms with E-state index in [9.17, 15) is 9.59 Å². The summed E-state index contributed by atoms with van der Waals surface area (Å²) >= 11 is 0. The van der Waals surface area contributed by atoms with Gasteiger partial charge in [0.15, 0.2) is 11.5 Å². The Balaban J connectivity index is 1.36. The summed E-state index contributed by atoms with van der Waals surface area (Å²) in [5.74, 6) is 1.79. The van der Waals surface area contributed by atoms with Gasteiger partial charge in [-0.05, 0) is 59.5 Å². The number of methoxy groups -OCH3 is 2. The summed E-state index contributed by atoms with van der Waals surface area (Å²) in [5, 5.41) is 0.602. The quantitative estimate of drug-likeness (QED) is 0.116. The Hall–Kier alpha value is -5.04. The van der Waals surface area contributed by atoms with E-state index in [-0.39, 0.29) is 18.3 Å². The van der Waals surface area contributed by atoms with Crippen LogP contribution in [-0.2, 0) is 11.2 Å². The highest BCUT2D eigenvalue weighted by molar-refractivity contribution is 6.01. The Kier molecular flexibility index (Phi) is 7.40. The van der Waals surface area contributed by atoms with Crippen LogP contribution < -0.4 is 24.6 Å². The Labute approximate surface area is 243 Å². The summed E-state index contributed by atoms with van der Waals surface area (Å²) in [6, 6.07) is 26.5. The maximum Gasteiger partial charge on any atom is 0.336 e. The molecule has 6 rings (SSSR count). The van der Waals surface area contributed by atoms with Crippen molar-refractivity contribution in [1.29, 1.82) is 0 Å². The lowest BCUT2D eigenvalue weighted by molar-refractivity contribution is -0.135. The smallest absolute Gasteiger partial charge is 0.336 e. The van der Waals surface area contributed by atoms with Gasteiger partial charge in [-0.2, -0.15) is 0 Å². The third kappa shape index (κ3) is 5.21. The van der Waals surface area contributed by atoms with Gasteiger partial charge in [0.1, 0.15) is 17.1 Å². The maximum atomic E-state index is 13.0. The second-order valence-electron chi connectivity index (χ2n) is 10.2. The van der Waals surface area contributed by atoms with Gasteiger partial charge in [0.05, 0.1) is 32.6 Å². The van der Waals surface area contributed by atoms with Gasteiger partial charge < -0.3 is 23.4 Å². The zero-order valence-corrected chi connectivity index (χ0v) is 23.6. The number of aryl methyl sites for hydroxylation is 1. The van der Waals surface area contributed by atoms with Gasteiger partial charge >= 0.3 is 11.6 Å². The number of hydrogen-bond donors (Lipinski definition) is 0. The van der Waals surface area contributed by atoms with Crippen molar-refractivity contribution in [2.24, 2.45) is 0 Å². The lowest BCUT2D eigenvalue weighted by atomic mass is 9.82. The molecule has 0 N–H and O–H groups in total. The maximum absolute atomic E-state index is 13.0. The van der Waals surface area contributed by atoms with Crippen molar-refractivity contribution in [2.75, 3.05) is 20.8 Å². The molecule has 0 unspecified atom stereocenters. The van der Waals surface area contributed by atoms with Crippen LogP contribution in [0.2, 0.25) is 0 Å². The number of ether oxygens (including phenoxy) is 4. The normalized spacial score (nSPS) is 14.3. The minimum Gasteiger partial charge on any atom is -0.497 e. The Morgan fingerprint density at radius 2 is 1.64 bits per heavy atom. The summed E-state index contributed by atoms with van der Waals surface area (Å²) in [6.45, 7) is 2.41. The third-order valence-corrected chi connectivity index (χ3v) is 7.65. The molecule has 4 aromatic carbocycles. The molecule has 0 radical (unpaired) electrons. The fourth-order valence-electron chi connectivity index (χ4n) is 5.62. The fourth-order valence-corrected chi connectivity index (χ4v) is 5.62. The molecule has 0 amide bonds. The number of esters is 1. The lowest BCUT2D eigenvalue weighted by Gasteiger charge is -2.28. The standard InChI is InChI=1S/C35H30O7/c1-21-17-30-34(26(19-31(36)41-30)23-7-5-4-6-8-23)35-33(21)27(20-32(37)42-35)24-11-14-28(29(18-24)39-3)40-16-15-22-9-12-25(38-2)13-10-22/h4-14,17-19,27H,15-16,20H2,1-3H3/t27-/m0/s1. The van der Waals surface area contributed by atoms with Gasteiger partial charge in [-0.15, -0.1) is 0 Å². The van der Waals surface area contributed by atoms with Crippen molar-refractivity contribution in [3.63, 3.8) is 0 Å². The van der Waals surface area contributed by atoms with Crippen LogP contribution in [0.1, 0.15) is 34.6 Å². The first-order valence-corrected chi connectivity index (χ1v) is 13.8. The minimum atomic E-state index is -0.466. The summed E-state index contributed by atoms with van der Waals surface area (Å²) < 4.78 is 28.5. The van der Waals surface area contributed by atoms with E-state index in [1.807, 2.05) is 85.8 Å². The van der Waals surface area contributed by atoms with Crippen LogP contribution in [-0.4, -0.2) is 26.8 Å². The average Bonchev–Trinajstić information content (AvgIpc) is 3.01. The molecule has 7 nitrogen and oxygen atoms in total. The molecule has 212 valence electrons. The molecule has 2 heterocycles. The lowest BCUT2D eigenvalue weighted by Crippen LogP contribution is -2.22. The second kappa shape index (κ2) is 11.4. The van der Waals surface area contributed by atoms with E-state index in [0.717, 1.165) is 40.0 Å². The molecule has 0 spiro atoms. The third-order valence-electron chi connectivity index (χ3n) is 7.65. The molecule has 1 aromatic heterocycles. The number of rotatable bonds is 8. The van der Waals surface area contributed by atoms with E-state index in [1.54, 1.807) is 14.2 Å². The van der Waals surface area contributed by atoms with E-state index in [2.05, 4.69) is 0 Å². The largest absolute Gasteiger partial charge is 0.497 e. The van der Waals surface area contributed by atoms with Crippen LogP contribution in [0, 0.1) is 6.92 Å². The molecule has 1 aliphatic heterocycles. The summed E-state index contributed by atoms with van der Waals surface area (Å²) in [6.07, 6.45) is 0.889. The topological polar surface area (TPSA) is 84.2 Å². The predicted octanol–water partition coefficient (Wildman–Crippen LogP) is 6.85. The van der Waals surface area contributed by atoms with Crippen molar-refractivity contribution < 1.29 is 28.2 Å². The highest BCUT2D eigenvalue weighted by atomic mass is 16.5. The first-order chi connectivity index (χ1) is 20.4. The molecule has 1 aliphatic rings. The van der Waals surface area contributed by atoms with Gasteiger partial charge in [0, 0.05) is 29.5 Å². The SMILES string of the molecule is COc1ccc(CCOc2ccc([C@@H]3CC(=O)Oc4c3c(C)cc3oc(=O)cc(-c5ccccc5)c43)cc2OC)cc1. The molecular formula is C35H30O7. The summed E-state index contributed by atoms with van der Waals surface area (Å²) in [5.41, 5.74) is 5.18. The second-order valence-corrected chi connectivity index (χ2v) is 10.2. The van der Waals surface area contributed by atoms with Crippen LogP contribution in [0.4, 0.5) is 0 Å².